The Bertz CT molecular complexity index is 411. The molecule has 1 aromatic carbocycles. The van der Waals surface area contributed by atoms with Crippen molar-refractivity contribution in [2.45, 2.75) is 32.4 Å². The molecule has 1 N–H and O–H groups in total. The summed E-state index contributed by atoms with van der Waals surface area (Å²) in [7, 11) is 1.73. The topological polar surface area (TPSA) is 24.5 Å². The van der Waals surface area contributed by atoms with Crippen LogP contribution in [0.4, 0.5) is 10.1 Å². The summed E-state index contributed by atoms with van der Waals surface area (Å²) in [5, 5.41) is 3.21. The molecule has 1 atom stereocenters. The highest BCUT2D eigenvalue weighted by atomic mass is 19.1. The molecule has 19 heavy (non-hydrogen) atoms. The van der Waals surface area contributed by atoms with Gasteiger partial charge in [-0.1, -0.05) is 13.0 Å². The van der Waals surface area contributed by atoms with E-state index in [4.69, 9.17) is 4.74 Å². The van der Waals surface area contributed by atoms with Gasteiger partial charge in [-0.15, -0.1) is 0 Å². The molecule has 1 aliphatic heterocycles. The fraction of sp³-hybridized carbons (Fsp3) is 0.600. The summed E-state index contributed by atoms with van der Waals surface area (Å²) in [6.45, 7) is 5.34. The van der Waals surface area contributed by atoms with Gasteiger partial charge >= 0.3 is 0 Å². The number of ether oxygens (including phenoxy) is 1. The molecule has 0 radical (unpaired) electrons. The monoisotopic (exact) mass is 266 g/mol. The van der Waals surface area contributed by atoms with Gasteiger partial charge in [-0.25, -0.2) is 4.39 Å². The van der Waals surface area contributed by atoms with Gasteiger partial charge in [0, 0.05) is 26.7 Å². The van der Waals surface area contributed by atoms with Crippen LogP contribution in [-0.2, 0) is 11.3 Å². The number of halogens is 1. The van der Waals surface area contributed by atoms with Crippen LogP contribution < -0.4 is 10.2 Å². The smallest absolute Gasteiger partial charge is 0.146 e. The summed E-state index contributed by atoms with van der Waals surface area (Å²) in [6.07, 6.45) is 2.33. The minimum absolute atomic E-state index is 0.132. The highest BCUT2D eigenvalue weighted by Crippen LogP contribution is 2.25. The fourth-order valence-electron chi connectivity index (χ4n) is 2.54. The lowest BCUT2D eigenvalue weighted by molar-refractivity contribution is 0.0892. The van der Waals surface area contributed by atoms with Crippen molar-refractivity contribution in [3.63, 3.8) is 0 Å². The van der Waals surface area contributed by atoms with E-state index in [0.29, 0.717) is 12.2 Å². The molecule has 0 amide bonds. The molecule has 1 aromatic rings. The van der Waals surface area contributed by atoms with Crippen molar-refractivity contribution in [3.05, 3.63) is 29.6 Å². The Morgan fingerprint density at radius 1 is 1.47 bits per heavy atom. The molecular formula is C15H23FN2O. The zero-order chi connectivity index (χ0) is 13.7. The summed E-state index contributed by atoms with van der Waals surface area (Å²) in [4.78, 5) is 2.09. The molecule has 1 heterocycles. The van der Waals surface area contributed by atoms with E-state index < -0.39 is 0 Å². The molecule has 0 saturated carbocycles. The molecule has 1 aliphatic rings. The molecule has 3 nitrogen and oxygen atoms in total. The van der Waals surface area contributed by atoms with Gasteiger partial charge in [-0.3, -0.25) is 0 Å². The normalized spacial score (nSPS) is 19.7. The van der Waals surface area contributed by atoms with Gasteiger partial charge in [0.25, 0.3) is 0 Å². The second kappa shape index (κ2) is 6.87. The lowest BCUT2D eigenvalue weighted by Crippen LogP contribution is -2.39. The zero-order valence-electron chi connectivity index (χ0n) is 11.8. The first-order valence-electron chi connectivity index (χ1n) is 7.01. The van der Waals surface area contributed by atoms with E-state index in [9.17, 15) is 4.39 Å². The second-order valence-corrected chi connectivity index (χ2v) is 5.01. The number of hydrogen-bond acceptors (Lipinski definition) is 3. The van der Waals surface area contributed by atoms with Gasteiger partial charge in [-0.2, -0.15) is 0 Å². The molecule has 2 rings (SSSR count). The molecule has 0 aromatic heterocycles. The molecule has 0 bridgehead atoms. The van der Waals surface area contributed by atoms with E-state index in [1.807, 2.05) is 19.1 Å². The third-order valence-electron chi connectivity index (χ3n) is 3.64. The predicted octanol–water partition coefficient (Wildman–Crippen LogP) is 2.55. The first kappa shape index (κ1) is 14.3. The minimum atomic E-state index is -0.132. The van der Waals surface area contributed by atoms with Crippen molar-refractivity contribution >= 4 is 5.69 Å². The van der Waals surface area contributed by atoms with Crippen LogP contribution in [0, 0.1) is 5.82 Å². The van der Waals surface area contributed by atoms with Crippen LogP contribution in [-0.4, -0.2) is 32.8 Å². The average molecular weight is 266 g/mol. The first-order chi connectivity index (χ1) is 9.24. The number of nitrogens with one attached hydrogen (secondary N) is 1. The van der Waals surface area contributed by atoms with E-state index in [1.165, 1.54) is 0 Å². The number of nitrogens with zero attached hydrogens (tertiary/aromatic N) is 1. The summed E-state index contributed by atoms with van der Waals surface area (Å²) < 4.78 is 19.6. The summed E-state index contributed by atoms with van der Waals surface area (Å²) in [5.41, 5.74) is 1.69. The van der Waals surface area contributed by atoms with Crippen LogP contribution in [0.15, 0.2) is 18.2 Å². The van der Waals surface area contributed by atoms with Gasteiger partial charge in [0.05, 0.1) is 11.8 Å². The Morgan fingerprint density at radius 3 is 3.00 bits per heavy atom. The van der Waals surface area contributed by atoms with Crippen molar-refractivity contribution in [2.24, 2.45) is 0 Å². The Kier molecular flexibility index (Phi) is 5.16. The number of hydrogen-bond donors (Lipinski definition) is 1. The molecule has 1 fully saturated rings. The van der Waals surface area contributed by atoms with Gasteiger partial charge in [0.2, 0.25) is 0 Å². The maximum Gasteiger partial charge on any atom is 0.146 e. The number of methoxy groups -OCH3 is 1. The standard InChI is InChI=1S/C15H23FN2O/c1-3-17-10-12-6-7-15(14(16)9-12)18-8-4-5-13(11-18)19-2/h6-7,9,13,17H,3-5,8,10-11H2,1-2H3. The summed E-state index contributed by atoms with van der Waals surface area (Å²) in [5.74, 6) is -0.132. The van der Waals surface area contributed by atoms with Crippen LogP contribution in [0.25, 0.3) is 0 Å². The first-order valence-corrected chi connectivity index (χ1v) is 7.01. The van der Waals surface area contributed by atoms with E-state index in [-0.39, 0.29) is 11.9 Å². The van der Waals surface area contributed by atoms with Gasteiger partial charge in [0.1, 0.15) is 5.82 Å². The van der Waals surface area contributed by atoms with Crippen LogP contribution in [0.2, 0.25) is 0 Å². The lowest BCUT2D eigenvalue weighted by Gasteiger charge is -2.33. The quantitative estimate of drug-likeness (QED) is 0.886. The Morgan fingerprint density at radius 2 is 2.32 bits per heavy atom. The Balaban J connectivity index is 2.07. The predicted molar refractivity (Wildman–Crippen MR) is 76.0 cm³/mol. The average Bonchev–Trinajstić information content (AvgIpc) is 2.45. The van der Waals surface area contributed by atoms with Crippen molar-refractivity contribution in [3.8, 4) is 0 Å². The number of benzene rings is 1. The molecule has 1 unspecified atom stereocenters. The van der Waals surface area contributed by atoms with Crippen LogP contribution in [0.3, 0.4) is 0 Å². The lowest BCUT2D eigenvalue weighted by atomic mass is 10.1. The maximum atomic E-state index is 14.2. The van der Waals surface area contributed by atoms with Crippen LogP contribution >= 0.6 is 0 Å². The highest BCUT2D eigenvalue weighted by molar-refractivity contribution is 5.49. The van der Waals surface area contributed by atoms with E-state index in [2.05, 4.69) is 10.2 Å². The molecule has 0 spiro atoms. The zero-order valence-corrected chi connectivity index (χ0v) is 11.8. The maximum absolute atomic E-state index is 14.2. The summed E-state index contributed by atoms with van der Waals surface area (Å²) >= 11 is 0. The number of piperidine rings is 1. The van der Waals surface area contributed by atoms with Crippen molar-refractivity contribution in [1.29, 1.82) is 0 Å². The van der Waals surface area contributed by atoms with E-state index >= 15 is 0 Å². The van der Waals surface area contributed by atoms with Gasteiger partial charge in [-0.05, 0) is 37.1 Å². The largest absolute Gasteiger partial charge is 0.380 e. The number of rotatable bonds is 5. The number of anilines is 1. The van der Waals surface area contributed by atoms with Crippen molar-refractivity contribution in [1.82, 2.24) is 5.32 Å². The molecule has 4 heteroatoms. The van der Waals surface area contributed by atoms with E-state index in [0.717, 1.165) is 38.0 Å². The third-order valence-corrected chi connectivity index (χ3v) is 3.64. The van der Waals surface area contributed by atoms with Crippen molar-refractivity contribution in [2.75, 3.05) is 31.6 Å². The SMILES string of the molecule is CCNCc1ccc(N2CCCC(OC)C2)c(F)c1. The van der Waals surface area contributed by atoms with Crippen LogP contribution in [0.1, 0.15) is 25.3 Å². The fourth-order valence-corrected chi connectivity index (χ4v) is 2.54. The van der Waals surface area contributed by atoms with E-state index in [1.54, 1.807) is 13.2 Å². The van der Waals surface area contributed by atoms with Gasteiger partial charge < -0.3 is 15.0 Å². The molecule has 0 aliphatic carbocycles. The minimum Gasteiger partial charge on any atom is -0.380 e. The molecule has 1 saturated heterocycles. The Hall–Kier alpha value is -1.13. The highest BCUT2D eigenvalue weighted by Gasteiger charge is 2.21. The third kappa shape index (κ3) is 3.67. The van der Waals surface area contributed by atoms with Gasteiger partial charge in [0.15, 0.2) is 0 Å². The second-order valence-electron chi connectivity index (χ2n) is 5.01. The van der Waals surface area contributed by atoms with Crippen LogP contribution in [0.5, 0.6) is 0 Å². The molecule has 106 valence electrons. The molecular weight excluding hydrogens is 243 g/mol. The Labute approximate surface area is 114 Å². The summed E-state index contributed by atoms with van der Waals surface area (Å²) in [6, 6.07) is 5.52. The van der Waals surface area contributed by atoms with Crippen molar-refractivity contribution < 1.29 is 9.13 Å².